The van der Waals surface area contributed by atoms with Gasteiger partial charge in [0.1, 0.15) is 12.4 Å². The predicted octanol–water partition coefficient (Wildman–Crippen LogP) is 3.29. The lowest BCUT2D eigenvalue weighted by Crippen LogP contribution is -2.52. The van der Waals surface area contributed by atoms with E-state index in [1.807, 2.05) is 6.07 Å². The van der Waals surface area contributed by atoms with E-state index in [2.05, 4.69) is 50.7 Å². The summed E-state index contributed by atoms with van der Waals surface area (Å²) in [7, 11) is 1.60. The average molecular weight is 415 g/mol. The van der Waals surface area contributed by atoms with E-state index in [-0.39, 0.29) is 0 Å². The second kappa shape index (κ2) is 7.50. The zero-order valence-corrected chi connectivity index (χ0v) is 17.5. The molecule has 2 aromatic heterocycles. The standard InChI is InChI=1S/C24H25N5O2/c1-30-23-11-17(12-26-28-23)16-4-5-19-18(10-16)14-31-24-20(19)6-7-22(27-24)29-9-8-25-21(13-29)15-2-3-15/h4-7,10-12,15,21,25H,2-3,8-9,13-14H2,1H3. The first kappa shape index (κ1) is 18.6. The molecule has 1 unspecified atom stereocenters. The van der Waals surface area contributed by atoms with Crippen LogP contribution in [0, 0.1) is 5.92 Å². The van der Waals surface area contributed by atoms with E-state index in [0.29, 0.717) is 18.5 Å². The molecule has 4 heterocycles. The molecule has 1 N–H and O–H groups in total. The van der Waals surface area contributed by atoms with Gasteiger partial charge in [-0.05, 0) is 53.6 Å². The fraction of sp³-hybridized carbons (Fsp3) is 0.375. The second-order valence-electron chi connectivity index (χ2n) is 8.51. The molecule has 31 heavy (non-hydrogen) atoms. The summed E-state index contributed by atoms with van der Waals surface area (Å²) >= 11 is 0. The highest BCUT2D eigenvalue weighted by Crippen LogP contribution is 2.40. The van der Waals surface area contributed by atoms with Crippen molar-refractivity contribution in [2.24, 2.45) is 5.92 Å². The molecule has 158 valence electrons. The largest absolute Gasteiger partial charge is 0.480 e. The summed E-state index contributed by atoms with van der Waals surface area (Å²) in [6.45, 7) is 3.54. The maximum atomic E-state index is 6.10. The van der Waals surface area contributed by atoms with Crippen LogP contribution in [0.15, 0.2) is 42.6 Å². The molecular weight excluding hydrogens is 390 g/mol. The topological polar surface area (TPSA) is 72.4 Å². The van der Waals surface area contributed by atoms with Crippen LogP contribution in [0.3, 0.4) is 0 Å². The summed E-state index contributed by atoms with van der Waals surface area (Å²) in [4.78, 5) is 7.29. The van der Waals surface area contributed by atoms with Gasteiger partial charge in [-0.25, -0.2) is 0 Å². The Bertz CT molecular complexity index is 1130. The number of benzene rings is 1. The smallest absolute Gasteiger partial charge is 0.233 e. The number of pyridine rings is 1. The number of piperazine rings is 1. The SMILES string of the molecule is COc1cc(-c2ccc3c(c2)COc2nc(N4CCNC(C5CC5)C4)ccc2-3)cnn1. The maximum Gasteiger partial charge on any atom is 0.233 e. The zero-order chi connectivity index (χ0) is 20.8. The van der Waals surface area contributed by atoms with Gasteiger partial charge in [-0.1, -0.05) is 12.1 Å². The number of nitrogens with one attached hydrogen (secondary N) is 1. The van der Waals surface area contributed by atoms with Crippen LogP contribution in [0.5, 0.6) is 11.8 Å². The van der Waals surface area contributed by atoms with Crippen molar-refractivity contribution in [1.82, 2.24) is 20.5 Å². The Kier molecular flexibility index (Phi) is 4.49. The maximum absolute atomic E-state index is 6.10. The monoisotopic (exact) mass is 415 g/mol. The van der Waals surface area contributed by atoms with Crippen LogP contribution in [0.25, 0.3) is 22.3 Å². The van der Waals surface area contributed by atoms with Crippen LogP contribution in [0.1, 0.15) is 18.4 Å². The first-order chi connectivity index (χ1) is 15.3. The molecule has 3 aromatic rings. The fourth-order valence-electron chi connectivity index (χ4n) is 4.63. The predicted molar refractivity (Wildman–Crippen MR) is 118 cm³/mol. The van der Waals surface area contributed by atoms with Gasteiger partial charge in [-0.2, -0.15) is 10.1 Å². The molecule has 2 fully saturated rings. The number of methoxy groups -OCH3 is 1. The highest BCUT2D eigenvalue weighted by atomic mass is 16.5. The molecule has 6 rings (SSSR count). The molecule has 1 aliphatic carbocycles. The average Bonchev–Trinajstić information content (AvgIpc) is 3.69. The number of nitrogens with zero attached hydrogens (tertiary/aromatic N) is 4. The molecule has 1 saturated carbocycles. The van der Waals surface area contributed by atoms with Gasteiger partial charge in [0.05, 0.1) is 13.3 Å². The number of rotatable bonds is 4. The van der Waals surface area contributed by atoms with Crippen molar-refractivity contribution >= 4 is 5.82 Å². The van der Waals surface area contributed by atoms with E-state index in [1.165, 1.54) is 18.4 Å². The summed E-state index contributed by atoms with van der Waals surface area (Å²) in [6.07, 6.45) is 4.46. The van der Waals surface area contributed by atoms with Crippen LogP contribution >= 0.6 is 0 Å². The summed E-state index contributed by atoms with van der Waals surface area (Å²) in [5.74, 6) is 3.09. The summed E-state index contributed by atoms with van der Waals surface area (Å²) in [5.41, 5.74) is 5.41. The summed E-state index contributed by atoms with van der Waals surface area (Å²) < 4.78 is 11.3. The van der Waals surface area contributed by atoms with Crippen molar-refractivity contribution in [2.45, 2.75) is 25.5 Å². The zero-order valence-electron chi connectivity index (χ0n) is 17.5. The van der Waals surface area contributed by atoms with E-state index in [9.17, 15) is 0 Å². The van der Waals surface area contributed by atoms with Crippen molar-refractivity contribution in [2.75, 3.05) is 31.6 Å². The molecule has 1 atom stereocenters. The van der Waals surface area contributed by atoms with Gasteiger partial charge in [-0.15, -0.1) is 5.10 Å². The first-order valence-corrected chi connectivity index (χ1v) is 10.9. The number of aromatic nitrogens is 3. The molecular formula is C24H25N5O2. The van der Waals surface area contributed by atoms with Crippen molar-refractivity contribution in [3.63, 3.8) is 0 Å². The van der Waals surface area contributed by atoms with Gasteiger partial charge < -0.3 is 19.7 Å². The molecule has 2 aliphatic heterocycles. The number of fused-ring (bicyclic) bond motifs is 3. The number of ether oxygens (including phenoxy) is 2. The molecule has 0 amide bonds. The minimum Gasteiger partial charge on any atom is -0.480 e. The van der Waals surface area contributed by atoms with Crippen molar-refractivity contribution in [3.8, 4) is 34.0 Å². The highest BCUT2D eigenvalue weighted by Gasteiger charge is 2.34. The Balaban J connectivity index is 1.28. The molecule has 3 aliphatic rings. The molecule has 1 aromatic carbocycles. The van der Waals surface area contributed by atoms with Crippen molar-refractivity contribution in [1.29, 1.82) is 0 Å². The van der Waals surface area contributed by atoms with E-state index in [1.54, 1.807) is 13.3 Å². The number of hydrogen-bond donors (Lipinski definition) is 1. The Hall–Kier alpha value is -3.19. The molecule has 0 radical (unpaired) electrons. The Morgan fingerprint density at radius 1 is 1.10 bits per heavy atom. The van der Waals surface area contributed by atoms with Crippen LogP contribution < -0.4 is 19.7 Å². The molecule has 1 saturated heterocycles. The van der Waals surface area contributed by atoms with Gasteiger partial charge in [0, 0.05) is 42.9 Å². The van der Waals surface area contributed by atoms with Crippen LogP contribution in [-0.4, -0.2) is 48.0 Å². The third-order valence-corrected chi connectivity index (χ3v) is 6.50. The van der Waals surface area contributed by atoms with E-state index in [4.69, 9.17) is 14.5 Å². The normalized spacial score (nSPS) is 19.9. The number of hydrogen-bond acceptors (Lipinski definition) is 7. The van der Waals surface area contributed by atoms with Crippen LogP contribution in [0.2, 0.25) is 0 Å². The van der Waals surface area contributed by atoms with Crippen LogP contribution in [-0.2, 0) is 6.61 Å². The van der Waals surface area contributed by atoms with E-state index >= 15 is 0 Å². The van der Waals surface area contributed by atoms with Gasteiger partial charge in [-0.3, -0.25) is 0 Å². The fourth-order valence-corrected chi connectivity index (χ4v) is 4.63. The lowest BCUT2D eigenvalue weighted by molar-refractivity contribution is 0.290. The van der Waals surface area contributed by atoms with Gasteiger partial charge in [0.15, 0.2) is 0 Å². The van der Waals surface area contributed by atoms with Crippen LogP contribution in [0.4, 0.5) is 5.82 Å². The minimum atomic E-state index is 0.505. The Morgan fingerprint density at radius 3 is 2.87 bits per heavy atom. The molecule has 0 spiro atoms. The number of anilines is 1. The summed E-state index contributed by atoms with van der Waals surface area (Å²) in [6, 6.07) is 13.2. The molecule has 7 heteroatoms. The lowest BCUT2D eigenvalue weighted by Gasteiger charge is -2.35. The Morgan fingerprint density at radius 2 is 2.00 bits per heavy atom. The van der Waals surface area contributed by atoms with Gasteiger partial charge in [0.2, 0.25) is 11.8 Å². The highest BCUT2D eigenvalue weighted by molar-refractivity contribution is 5.78. The van der Waals surface area contributed by atoms with Crippen molar-refractivity contribution in [3.05, 3.63) is 48.2 Å². The van der Waals surface area contributed by atoms with Gasteiger partial charge in [0.25, 0.3) is 0 Å². The van der Waals surface area contributed by atoms with E-state index < -0.39 is 0 Å². The Labute approximate surface area is 181 Å². The quantitative estimate of drug-likeness (QED) is 0.701. The molecule has 0 bridgehead atoms. The summed E-state index contributed by atoms with van der Waals surface area (Å²) in [5, 5.41) is 11.6. The van der Waals surface area contributed by atoms with Gasteiger partial charge >= 0.3 is 0 Å². The molecule has 7 nitrogen and oxygen atoms in total. The van der Waals surface area contributed by atoms with Crippen molar-refractivity contribution < 1.29 is 9.47 Å². The lowest BCUT2D eigenvalue weighted by atomic mass is 9.95. The first-order valence-electron chi connectivity index (χ1n) is 10.9. The third kappa shape index (κ3) is 3.49. The third-order valence-electron chi connectivity index (χ3n) is 6.50. The minimum absolute atomic E-state index is 0.505. The second-order valence-corrected chi connectivity index (χ2v) is 8.51. The van der Waals surface area contributed by atoms with E-state index in [0.717, 1.165) is 59.5 Å².